The molecule has 40 heavy (non-hydrogen) atoms. The quantitative estimate of drug-likeness (QED) is 0.344. The van der Waals surface area contributed by atoms with Crippen molar-refractivity contribution in [3.8, 4) is 27.9 Å². The summed E-state index contributed by atoms with van der Waals surface area (Å²) in [5, 5.41) is 9.77. The van der Waals surface area contributed by atoms with E-state index in [0.29, 0.717) is 16.7 Å². The van der Waals surface area contributed by atoms with Gasteiger partial charge in [0.15, 0.2) is 21.5 Å². The summed E-state index contributed by atoms with van der Waals surface area (Å²) in [4.78, 5) is 23.7. The Morgan fingerprint density at radius 1 is 0.825 bits per heavy atom. The molecule has 0 aliphatic rings. The van der Waals surface area contributed by atoms with Crippen LogP contribution in [0.4, 0.5) is 13.2 Å². The maximum Gasteiger partial charge on any atom is 0.280 e. The Hall–Kier alpha value is -4.84. The first-order valence-corrected chi connectivity index (χ1v) is 13.5. The van der Waals surface area contributed by atoms with E-state index in [9.17, 15) is 31.2 Å². The van der Waals surface area contributed by atoms with Crippen molar-refractivity contribution in [2.24, 2.45) is 0 Å². The zero-order valence-electron chi connectivity index (χ0n) is 21.1. The molecule has 0 aliphatic heterocycles. The molecule has 0 unspecified atom stereocenters. The van der Waals surface area contributed by atoms with Crippen LogP contribution in [-0.2, 0) is 9.84 Å². The van der Waals surface area contributed by atoms with Crippen LogP contribution in [0, 0.1) is 24.4 Å². The number of benzene rings is 3. The average Bonchev–Trinajstić information content (AvgIpc) is 2.92. The monoisotopic (exact) mass is 566 g/mol. The van der Waals surface area contributed by atoms with Crippen molar-refractivity contribution in [3.63, 3.8) is 0 Å². The second kappa shape index (κ2) is 11.5. The number of halogens is 3. The van der Waals surface area contributed by atoms with E-state index in [1.165, 1.54) is 60.9 Å². The first-order chi connectivity index (χ1) is 19.0. The minimum atomic E-state index is -3.43. The smallest absolute Gasteiger partial charge is 0.268 e. The second-order valence-corrected chi connectivity index (χ2v) is 10.6. The number of sulfone groups is 1. The van der Waals surface area contributed by atoms with Gasteiger partial charge in [-0.3, -0.25) is 9.59 Å². The number of aryl methyl sites for hydroxylation is 1. The van der Waals surface area contributed by atoms with Gasteiger partial charge in [-0.25, -0.2) is 26.7 Å². The van der Waals surface area contributed by atoms with Gasteiger partial charge in [0, 0.05) is 30.1 Å². The molecule has 12 heteroatoms. The summed E-state index contributed by atoms with van der Waals surface area (Å²) < 4.78 is 66.0. The van der Waals surface area contributed by atoms with Crippen LogP contribution < -0.4 is 11.1 Å². The van der Waals surface area contributed by atoms with Gasteiger partial charge in [-0.1, -0.05) is 24.3 Å². The van der Waals surface area contributed by atoms with Crippen molar-refractivity contribution >= 4 is 9.84 Å². The third-order valence-corrected chi connectivity index (χ3v) is 6.89. The van der Waals surface area contributed by atoms with E-state index in [2.05, 4.69) is 15.3 Å². The van der Waals surface area contributed by atoms with Gasteiger partial charge >= 0.3 is 0 Å². The van der Waals surface area contributed by atoms with Crippen LogP contribution in [0.2, 0.25) is 0 Å². The van der Waals surface area contributed by atoms with E-state index in [1.807, 2.05) is 0 Å². The number of nitrogens with zero attached hydrogens (tertiary/aromatic N) is 3. The first-order valence-electron chi connectivity index (χ1n) is 11.6. The largest absolute Gasteiger partial charge is 0.280 e. The van der Waals surface area contributed by atoms with Crippen LogP contribution in [0.25, 0.3) is 27.9 Å². The molecule has 2 heterocycles. The Morgan fingerprint density at radius 3 is 2.08 bits per heavy atom. The molecule has 5 rings (SSSR count). The van der Waals surface area contributed by atoms with Crippen molar-refractivity contribution in [1.82, 2.24) is 20.0 Å². The van der Waals surface area contributed by atoms with E-state index in [-0.39, 0.29) is 27.3 Å². The van der Waals surface area contributed by atoms with Gasteiger partial charge in [0.05, 0.1) is 22.3 Å². The highest BCUT2D eigenvalue weighted by Crippen LogP contribution is 2.31. The average molecular weight is 567 g/mol. The van der Waals surface area contributed by atoms with Crippen molar-refractivity contribution < 1.29 is 21.6 Å². The third kappa shape index (κ3) is 6.24. The van der Waals surface area contributed by atoms with E-state index in [1.54, 1.807) is 19.1 Å². The van der Waals surface area contributed by atoms with Crippen molar-refractivity contribution in [3.05, 3.63) is 129 Å². The first kappa shape index (κ1) is 28.2. The number of aromatic amines is 1. The highest BCUT2D eigenvalue weighted by Gasteiger charge is 2.18. The Balaban J connectivity index is 0.000000461. The number of rotatable bonds is 4. The Morgan fingerprint density at radius 2 is 1.52 bits per heavy atom. The molecule has 8 nitrogen and oxygen atoms in total. The van der Waals surface area contributed by atoms with Crippen LogP contribution >= 0.6 is 0 Å². The van der Waals surface area contributed by atoms with E-state index >= 15 is 0 Å². The minimum Gasteiger partial charge on any atom is -0.268 e. The molecular weight excluding hydrogens is 545 g/mol. The molecule has 0 amide bonds. The van der Waals surface area contributed by atoms with Crippen LogP contribution in [0.15, 0.2) is 99.7 Å². The fourth-order valence-electron chi connectivity index (χ4n) is 3.69. The van der Waals surface area contributed by atoms with Gasteiger partial charge < -0.3 is 0 Å². The van der Waals surface area contributed by atoms with Gasteiger partial charge in [0.1, 0.15) is 5.82 Å². The van der Waals surface area contributed by atoms with Gasteiger partial charge in [0.25, 0.3) is 11.1 Å². The lowest BCUT2D eigenvalue weighted by molar-refractivity contribution is 0.507. The summed E-state index contributed by atoms with van der Waals surface area (Å²) in [5.74, 6) is -2.75. The molecule has 3 aromatic carbocycles. The van der Waals surface area contributed by atoms with Gasteiger partial charge in [0.2, 0.25) is 0 Å². The number of H-pyrrole nitrogens is 1. The number of aromatic nitrogens is 4. The van der Waals surface area contributed by atoms with E-state index in [4.69, 9.17) is 0 Å². The predicted octanol–water partition coefficient (Wildman–Crippen LogP) is 4.47. The van der Waals surface area contributed by atoms with Crippen molar-refractivity contribution in [2.75, 3.05) is 6.26 Å². The summed E-state index contributed by atoms with van der Waals surface area (Å²) in [6.45, 7) is 1.58. The van der Waals surface area contributed by atoms with Gasteiger partial charge in [-0.15, -0.1) is 0 Å². The zero-order valence-corrected chi connectivity index (χ0v) is 21.9. The molecule has 0 spiro atoms. The van der Waals surface area contributed by atoms with Crippen LogP contribution in [0.1, 0.15) is 5.56 Å². The van der Waals surface area contributed by atoms with Crippen LogP contribution in [0.3, 0.4) is 0 Å². The molecule has 0 saturated heterocycles. The fourth-order valence-corrected chi connectivity index (χ4v) is 4.32. The number of hydrogen-bond acceptors (Lipinski definition) is 6. The van der Waals surface area contributed by atoms with E-state index in [0.717, 1.165) is 23.1 Å². The van der Waals surface area contributed by atoms with Crippen LogP contribution in [0.5, 0.6) is 0 Å². The normalized spacial score (nSPS) is 11.0. The maximum absolute atomic E-state index is 14.4. The van der Waals surface area contributed by atoms with Gasteiger partial charge in [-0.2, -0.15) is 14.9 Å². The van der Waals surface area contributed by atoms with Crippen LogP contribution in [-0.4, -0.2) is 34.7 Å². The van der Waals surface area contributed by atoms with Crippen molar-refractivity contribution in [2.45, 2.75) is 11.8 Å². The summed E-state index contributed by atoms with van der Waals surface area (Å²) in [7, 11) is -3.43. The molecular formula is C28H21F3N4O4S. The Labute approximate surface area is 226 Å². The standard InChI is InChI=1S/C24H17F3N2O3S.C4H4N2O/c1-14-3-4-16(11-21(14)26)23-19(15-5-8-18(9-6-15)33(2,31)32)13-28-29(24(23)30)17-7-10-20(25)22(27)12-17;7-4-2-1-3-5-6-4/h3-13H,1-2H3;1-3H,(H,6,7). The number of nitrogens with one attached hydrogen (secondary N) is 1. The maximum atomic E-state index is 14.4. The molecule has 0 aliphatic carbocycles. The molecule has 0 fully saturated rings. The van der Waals surface area contributed by atoms with E-state index < -0.39 is 32.8 Å². The molecule has 0 bridgehead atoms. The minimum absolute atomic E-state index is 0.00768. The third-order valence-electron chi connectivity index (χ3n) is 5.76. The lowest BCUT2D eigenvalue weighted by atomic mass is 9.96. The molecule has 0 radical (unpaired) electrons. The molecule has 0 saturated carbocycles. The summed E-state index contributed by atoms with van der Waals surface area (Å²) in [6, 6.07) is 16.0. The molecule has 2 aromatic heterocycles. The second-order valence-electron chi connectivity index (χ2n) is 8.62. The molecule has 5 aromatic rings. The lowest BCUT2D eigenvalue weighted by Gasteiger charge is -2.14. The highest BCUT2D eigenvalue weighted by atomic mass is 32.2. The molecule has 204 valence electrons. The van der Waals surface area contributed by atoms with Crippen molar-refractivity contribution in [1.29, 1.82) is 0 Å². The fraction of sp³-hybridized carbons (Fsp3) is 0.0714. The molecule has 1 N–H and O–H groups in total. The predicted molar refractivity (Wildman–Crippen MR) is 143 cm³/mol. The molecule has 0 atom stereocenters. The Bertz CT molecular complexity index is 1900. The summed E-state index contributed by atoms with van der Waals surface area (Å²) >= 11 is 0. The lowest BCUT2D eigenvalue weighted by Crippen LogP contribution is -2.23. The number of hydrogen-bond donors (Lipinski definition) is 1. The SMILES string of the molecule is Cc1ccc(-c2c(-c3ccc(S(C)(=O)=O)cc3)cnn(-c3ccc(F)c(F)c3)c2=O)cc1F.O=c1cccn[nH]1. The summed E-state index contributed by atoms with van der Waals surface area (Å²) in [6.07, 6.45) is 3.93. The van der Waals surface area contributed by atoms with Gasteiger partial charge in [-0.05, 0) is 60.0 Å². The summed E-state index contributed by atoms with van der Waals surface area (Å²) in [5.41, 5.74) is 0.642. The Kier molecular flexibility index (Phi) is 8.10. The topological polar surface area (TPSA) is 115 Å². The highest BCUT2D eigenvalue weighted by molar-refractivity contribution is 7.90. The zero-order chi connectivity index (χ0) is 29.0.